The summed E-state index contributed by atoms with van der Waals surface area (Å²) < 4.78 is 11.3. The van der Waals surface area contributed by atoms with E-state index in [1.54, 1.807) is 18.4 Å². The van der Waals surface area contributed by atoms with E-state index in [0.717, 1.165) is 44.2 Å². The van der Waals surface area contributed by atoms with E-state index < -0.39 is 0 Å². The monoisotopic (exact) mass is 431 g/mol. The molecule has 2 atom stereocenters. The van der Waals surface area contributed by atoms with Gasteiger partial charge in [-0.3, -0.25) is 9.89 Å². The Morgan fingerprint density at radius 2 is 2.30 bits per heavy atom. The zero-order valence-corrected chi connectivity index (χ0v) is 19.0. The maximum absolute atomic E-state index is 5.73. The quantitative estimate of drug-likeness (QED) is 0.470. The molecule has 1 saturated heterocycles. The van der Waals surface area contributed by atoms with Gasteiger partial charge in [0.2, 0.25) is 5.88 Å². The lowest BCUT2D eigenvalue weighted by molar-refractivity contribution is -0.0334. The second-order valence-electron chi connectivity index (χ2n) is 7.37. The van der Waals surface area contributed by atoms with E-state index in [1.807, 2.05) is 18.3 Å². The zero-order chi connectivity index (χ0) is 21.2. The van der Waals surface area contributed by atoms with Gasteiger partial charge in [0.15, 0.2) is 5.96 Å². The normalized spacial score (nSPS) is 18.8. The minimum atomic E-state index is 0.260. The highest BCUT2D eigenvalue weighted by Gasteiger charge is 2.26. The summed E-state index contributed by atoms with van der Waals surface area (Å²) in [5.74, 6) is 1.45. The summed E-state index contributed by atoms with van der Waals surface area (Å²) in [6.07, 6.45) is 3.08. The molecule has 0 amide bonds. The second kappa shape index (κ2) is 11.9. The number of guanidine groups is 1. The van der Waals surface area contributed by atoms with Crippen molar-refractivity contribution in [2.75, 3.05) is 39.9 Å². The van der Waals surface area contributed by atoms with Gasteiger partial charge in [-0.25, -0.2) is 4.98 Å². The van der Waals surface area contributed by atoms with Crippen LogP contribution in [0.4, 0.5) is 0 Å². The Morgan fingerprint density at radius 3 is 2.97 bits per heavy atom. The Labute approximate surface area is 183 Å². The van der Waals surface area contributed by atoms with Crippen molar-refractivity contribution >= 4 is 17.3 Å². The molecular formula is C22H33N5O2S. The van der Waals surface area contributed by atoms with Gasteiger partial charge in [-0.2, -0.15) is 0 Å². The number of hydrogen-bond donors (Lipinski definition) is 2. The van der Waals surface area contributed by atoms with Crippen LogP contribution in [0.25, 0.3) is 0 Å². The molecule has 1 aliphatic heterocycles. The van der Waals surface area contributed by atoms with Crippen LogP contribution in [0.3, 0.4) is 0 Å². The lowest BCUT2D eigenvalue weighted by Crippen LogP contribution is -2.47. The summed E-state index contributed by atoms with van der Waals surface area (Å²) >= 11 is 1.80. The average molecular weight is 432 g/mol. The van der Waals surface area contributed by atoms with E-state index in [0.29, 0.717) is 25.1 Å². The Balaban J connectivity index is 1.53. The molecule has 7 nitrogen and oxygen atoms in total. The van der Waals surface area contributed by atoms with Gasteiger partial charge in [-0.05, 0) is 30.4 Å². The molecule has 2 unspecified atom stereocenters. The SMILES string of the molecule is CCCOc1ccc(CNC(=NC)NCC(c2cccs2)N2CCOC(C)C2)cn1. The second-order valence-corrected chi connectivity index (χ2v) is 8.35. The van der Waals surface area contributed by atoms with E-state index in [9.17, 15) is 0 Å². The predicted octanol–water partition coefficient (Wildman–Crippen LogP) is 3.06. The highest BCUT2D eigenvalue weighted by atomic mass is 32.1. The number of aromatic nitrogens is 1. The Bertz CT molecular complexity index is 766. The smallest absolute Gasteiger partial charge is 0.213 e. The number of thiophene rings is 1. The lowest BCUT2D eigenvalue weighted by Gasteiger charge is -2.37. The maximum atomic E-state index is 5.73. The largest absolute Gasteiger partial charge is 0.478 e. The van der Waals surface area contributed by atoms with Crippen molar-refractivity contribution in [1.82, 2.24) is 20.5 Å². The zero-order valence-electron chi connectivity index (χ0n) is 18.1. The van der Waals surface area contributed by atoms with E-state index in [1.165, 1.54) is 4.88 Å². The van der Waals surface area contributed by atoms with Crippen LogP contribution < -0.4 is 15.4 Å². The number of ether oxygens (including phenoxy) is 2. The molecule has 3 rings (SSSR count). The Hall–Kier alpha value is -2.16. The first kappa shape index (κ1) is 22.5. The molecule has 2 N–H and O–H groups in total. The van der Waals surface area contributed by atoms with Crippen molar-refractivity contribution in [2.24, 2.45) is 4.99 Å². The van der Waals surface area contributed by atoms with Gasteiger partial charge in [0, 0.05) is 50.4 Å². The van der Waals surface area contributed by atoms with Crippen molar-refractivity contribution < 1.29 is 9.47 Å². The molecule has 8 heteroatoms. The van der Waals surface area contributed by atoms with Crippen molar-refractivity contribution in [3.8, 4) is 5.88 Å². The number of pyridine rings is 1. The summed E-state index contributed by atoms with van der Waals surface area (Å²) in [5, 5.41) is 9.02. The summed E-state index contributed by atoms with van der Waals surface area (Å²) in [4.78, 5) is 12.6. The summed E-state index contributed by atoms with van der Waals surface area (Å²) in [6.45, 7) is 9.01. The minimum Gasteiger partial charge on any atom is -0.478 e. The fourth-order valence-electron chi connectivity index (χ4n) is 3.43. The molecule has 2 aromatic heterocycles. The van der Waals surface area contributed by atoms with Crippen molar-refractivity contribution in [3.05, 3.63) is 46.3 Å². The van der Waals surface area contributed by atoms with Gasteiger partial charge >= 0.3 is 0 Å². The molecule has 164 valence electrons. The third-order valence-corrected chi connectivity index (χ3v) is 5.96. The number of hydrogen-bond acceptors (Lipinski definition) is 6. The van der Waals surface area contributed by atoms with Crippen molar-refractivity contribution in [3.63, 3.8) is 0 Å². The van der Waals surface area contributed by atoms with Crippen LogP contribution in [-0.2, 0) is 11.3 Å². The highest BCUT2D eigenvalue weighted by molar-refractivity contribution is 7.10. The number of nitrogens with one attached hydrogen (secondary N) is 2. The Morgan fingerprint density at radius 1 is 1.40 bits per heavy atom. The summed E-state index contributed by atoms with van der Waals surface area (Å²) in [7, 11) is 1.80. The number of aliphatic imine (C=N–C) groups is 1. The van der Waals surface area contributed by atoms with Gasteiger partial charge in [-0.1, -0.05) is 19.1 Å². The molecule has 0 radical (unpaired) electrons. The first-order chi connectivity index (χ1) is 14.7. The molecular weight excluding hydrogens is 398 g/mol. The first-order valence-corrected chi connectivity index (χ1v) is 11.5. The molecule has 0 spiro atoms. The standard InChI is InChI=1S/C22H33N5O2S/c1-4-10-29-21-8-7-18(13-24-21)14-25-22(23-3)26-15-19(20-6-5-12-30-20)27-9-11-28-17(2)16-27/h5-8,12-13,17,19H,4,9-11,14-16H2,1-3H3,(H2,23,25,26). The topological polar surface area (TPSA) is 71.0 Å². The molecule has 0 bridgehead atoms. The van der Waals surface area contributed by atoms with Crippen LogP contribution in [0.5, 0.6) is 5.88 Å². The lowest BCUT2D eigenvalue weighted by atomic mass is 10.1. The van der Waals surface area contributed by atoms with Gasteiger partial charge < -0.3 is 20.1 Å². The number of morpholine rings is 1. The maximum Gasteiger partial charge on any atom is 0.213 e. The third-order valence-electron chi connectivity index (χ3n) is 4.98. The third kappa shape index (κ3) is 6.68. The summed E-state index contributed by atoms with van der Waals surface area (Å²) in [6, 6.07) is 8.56. The minimum absolute atomic E-state index is 0.260. The highest BCUT2D eigenvalue weighted by Crippen LogP contribution is 2.26. The molecule has 2 aromatic rings. The van der Waals surface area contributed by atoms with Gasteiger partial charge in [0.05, 0.1) is 25.4 Å². The van der Waals surface area contributed by atoms with E-state index in [4.69, 9.17) is 9.47 Å². The fraction of sp³-hybridized carbons (Fsp3) is 0.545. The summed E-state index contributed by atoms with van der Waals surface area (Å²) in [5.41, 5.74) is 1.08. The van der Waals surface area contributed by atoms with Crippen LogP contribution in [0.1, 0.15) is 36.8 Å². The Kier molecular flexibility index (Phi) is 8.92. The molecule has 0 saturated carbocycles. The van der Waals surface area contributed by atoms with Gasteiger partial charge in [0.1, 0.15) is 0 Å². The van der Waals surface area contributed by atoms with Gasteiger partial charge in [-0.15, -0.1) is 11.3 Å². The fourth-order valence-corrected chi connectivity index (χ4v) is 4.29. The molecule has 0 aliphatic carbocycles. The average Bonchev–Trinajstić information content (AvgIpc) is 3.30. The number of rotatable bonds is 9. The molecule has 0 aromatic carbocycles. The first-order valence-electron chi connectivity index (χ1n) is 10.6. The predicted molar refractivity (Wildman–Crippen MR) is 122 cm³/mol. The van der Waals surface area contributed by atoms with Crippen LogP contribution in [-0.4, -0.2) is 61.8 Å². The van der Waals surface area contributed by atoms with Crippen LogP contribution in [0.2, 0.25) is 0 Å². The van der Waals surface area contributed by atoms with Crippen LogP contribution in [0.15, 0.2) is 40.8 Å². The molecule has 30 heavy (non-hydrogen) atoms. The van der Waals surface area contributed by atoms with Crippen molar-refractivity contribution in [1.29, 1.82) is 0 Å². The molecule has 1 aliphatic rings. The van der Waals surface area contributed by atoms with Crippen molar-refractivity contribution in [2.45, 2.75) is 39.0 Å². The van der Waals surface area contributed by atoms with E-state index in [2.05, 4.69) is 56.9 Å². The molecule has 3 heterocycles. The van der Waals surface area contributed by atoms with E-state index >= 15 is 0 Å². The number of nitrogens with zero attached hydrogens (tertiary/aromatic N) is 3. The van der Waals surface area contributed by atoms with Crippen LogP contribution in [0, 0.1) is 0 Å². The van der Waals surface area contributed by atoms with Gasteiger partial charge in [0.25, 0.3) is 0 Å². The molecule has 1 fully saturated rings. The van der Waals surface area contributed by atoms with Crippen LogP contribution >= 0.6 is 11.3 Å². The van der Waals surface area contributed by atoms with E-state index in [-0.39, 0.29) is 6.10 Å².